The van der Waals surface area contributed by atoms with Crippen molar-refractivity contribution >= 4 is 40.9 Å². The molecule has 0 atom stereocenters. The molecule has 31 heavy (non-hydrogen) atoms. The number of aromatic nitrogens is 6. The van der Waals surface area contributed by atoms with Crippen molar-refractivity contribution in [2.45, 2.75) is 6.54 Å². The lowest BCUT2D eigenvalue weighted by atomic mass is 10.1. The monoisotopic (exact) mass is 454 g/mol. The summed E-state index contributed by atoms with van der Waals surface area (Å²) in [5, 5.41) is 14.8. The first-order chi connectivity index (χ1) is 15.0. The minimum absolute atomic E-state index is 0.174. The number of carbonyl (C=O) groups is 1. The number of anilines is 1. The molecule has 0 saturated heterocycles. The second-order valence-electron chi connectivity index (χ2n) is 6.48. The van der Waals surface area contributed by atoms with E-state index in [0.29, 0.717) is 38.6 Å². The molecule has 0 spiro atoms. The number of hydrogen-bond acceptors (Lipinski definition) is 6. The van der Waals surface area contributed by atoms with Crippen molar-refractivity contribution < 1.29 is 4.79 Å². The number of H-pyrrole nitrogens is 1. The summed E-state index contributed by atoms with van der Waals surface area (Å²) in [7, 11) is 0. The summed E-state index contributed by atoms with van der Waals surface area (Å²) < 4.78 is 1.48. The van der Waals surface area contributed by atoms with E-state index in [9.17, 15) is 4.79 Å². The van der Waals surface area contributed by atoms with Crippen molar-refractivity contribution in [2.24, 2.45) is 0 Å². The predicted molar refractivity (Wildman–Crippen MR) is 118 cm³/mol. The van der Waals surface area contributed by atoms with Gasteiger partial charge in [0, 0.05) is 27.9 Å². The molecule has 0 unspecified atom stereocenters. The zero-order valence-electron chi connectivity index (χ0n) is 16.0. The van der Waals surface area contributed by atoms with Crippen LogP contribution in [0, 0.1) is 0 Å². The maximum absolute atomic E-state index is 12.3. The summed E-state index contributed by atoms with van der Waals surface area (Å²) in [6.07, 6.45) is 4.48. The number of imidazole rings is 1. The fourth-order valence-electron chi connectivity index (χ4n) is 2.85. The van der Waals surface area contributed by atoms with E-state index in [1.165, 1.54) is 17.1 Å². The molecule has 0 radical (unpaired) electrons. The molecular weight excluding hydrogens is 439 g/mol. The Labute approximate surface area is 186 Å². The van der Waals surface area contributed by atoms with E-state index in [0.717, 1.165) is 5.56 Å². The molecule has 9 nitrogen and oxygen atoms in total. The Kier molecular flexibility index (Phi) is 5.96. The summed E-state index contributed by atoms with van der Waals surface area (Å²) in [6, 6.07) is 12.4. The van der Waals surface area contributed by atoms with E-state index in [1.807, 2.05) is 12.1 Å². The zero-order valence-corrected chi connectivity index (χ0v) is 17.5. The van der Waals surface area contributed by atoms with Crippen molar-refractivity contribution in [3.05, 3.63) is 76.4 Å². The number of benzene rings is 2. The average molecular weight is 455 g/mol. The lowest BCUT2D eigenvalue weighted by molar-refractivity contribution is -0.116. The molecule has 4 N–H and O–H groups in total. The maximum Gasteiger partial charge on any atom is 0.244 e. The highest BCUT2D eigenvalue weighted by molar-refractivity contribution is 6.32. The molecule has 0 bridgehead atoms. The quantitative estimate of drug-likeness (QED) is 0.303. The van der Waals surface area contributed by atoms with E-state index >= 15 is 0 Å². The molecule has 2 heterocycles. The summed E-state index contributed by atoms with van der Waals surface area (Å²) in [5.74, 6) is 0.208. The van der Waals surface area contributed by atoms with Crippen molar-refractivity contribution in [3.8, 4) is 16.9 Å². The van der Waals surface area contributed by atoms with Crippen LogP contribution in [0.5, 0.6) is 0 Å². The molecular formula is C20H16Cl2N8O. The number of nitrogens with two attached hydrogens (primary N) is 1. The molecule has 0 aliphatic carbocycles. The smallest absolute Gasteiger partial charge is 0.244 e. The highest BCUT2D eigenvalue weighted by atomic mass is 35.5. The van der Waals surface area contributed by atoms with Gasteiger partial charge in [-0.25, -0.2) is 4.98 Å². The predicted octanol–water partition coefficient (Wildman–Crippen LogP) is 3.27. The first kappa shape index (κ1) is 20.6. The van der Waals surface area contributed by atoms with Gasteiger partial charge in [0.05, 0.1) is 12.2 Å². The van der Waals surface area contributed by atoms with E-state index in [2.05, 4.69) is 30.8 Å². The second-order valence-corrected chi connectivity index (χ2v) is 7.29. The fourth-order valence-corrected chi connectivity index (χ4v) is 3.29. The van der Waals surface area contributed by atoms with Gasteiger partial charge in [-0.1, -0.05) is 35.3 Å². The summed E-state index contributed by atoms with van der Waals surface area (Å²) >= 11 is 12.3. The van der Waals surface area contributed by atoms with Crippen LogP contribution >= 0.6 is 23.2 Å². The van der Waals surface area contributed by atoms with Crippen LogP contribution in [-0.2, 0) is 11.3 Å². The topological polar surface area (TPSA) is 127 Å². The van der Waals surface area contributed by atoms with Crippen LogP contribution in [0.15, 0.2) is 54.9 Å². The minimum atomic E-state index is -0.316. The van der Waals surface area contributed by atoms with Gasteiger partial charge in [0.2, 0.25) is 5.91 Å². The third-order valence-electron chi connectivity index (χ3n) is 4.32. The van der Waals surface area contributed by atoms with Crippen molar-refractivity contribution in [3.63, 3.8) is 0 Å². The third-order valence-corrected chi connectivity index (χ3v) is 4.83. The van der Waals surface area contributed by atoms with E-state index in [1.54, 1.807) is 36.4 Å². The SMILES string of the molecule is Nc1ccc(-c2nc(CNC(=O)/C=C/c3cc(Cl)ccc3-n3cnnn3)[nH]c2Cl)cc1. The number of tetrazole rings is 1. The molecule has 0 aliphatic rings. The van der Waals surface area contributed by atoms with Crippen LogP contribution in [-0.4, -0.2) is 36.1 Å². The Balaban J connectivity index is 1.44. The Morgan fingerprint density at radius 1 is 1.19 bits per heavy atom. The van der Waals surface area contributed by atoms with Crippen molar-refractivity contribution in [1.82, 2.24) is 35.5 Å². The molecule has 1 amide bonds. The van der Waals surface area contributed by atoms with Crippen LogP contribution < -0.4 is 11.1 Å². The number of nitrogens with zero attached hydrogens (tertiary/aromatic N) is 5. The molecule has 4 rings (SSSR count). The lowest BCUT2D eigenvalue weighted by Crippen LogP contribution is -2.21. The lowest BCUT2D eigenvalue weighted by Gasteiger charge is -2.05. The Bertz CT molecular complexity index is 1230. The summed E-state index contributed by atoms with van der Waals surface area (Å²) in [5.41, 5.74) is 9.14. The van der Waals surface area contributed by atoms with Gasteiger partial charge in [-0.05, 0) is 46.8 Å². The normalized spacial score (nSPS) is 11.2. The third kappa shape index (κ3) is 4.90. The largest absolute Gasteiger partial charge is 0.399 e. The standard InChI is InChI=1S/C20H16Cl2N8O/c21-14-4-7-16(30-11-25-28-29-30)13(9-14)3-8-18(31)24-10-17-26-19(20(22)27-17)12-1-5-15(23)6-2-12/h1-9,11H,10,23H2,(H,24,31)(H,26,27)/b8-3+. The molecule has 0 aliphatic heterocycles. The molecule has 2 aromatic heterocycles. The maximum atomic E-state index is 12.3. The Morgan fingerprint density at radius 3 is 2.74 bits per heavy atom. The van der Waals surface area contributed by atoms with Crippen LogP contribution in [0.4, 0.5) is 5.69 Å². The average Bonchev–Trinajstić information content (AvgIpc) is 3.41. The van der Waals surface area contributed by atoms with Crippen molar-refractivity contribution in [1.29, 1.82) is 0 Å². The molecule has 156 valence electrons. The Hall–Kier alpha value is -3.69. The van der Waals surface area contributed by atoms with E-state index in [-0.39, 0.29) is 12.5 Å². The number of hydrogen-bond donors (Lipinski definition) is 3. The van der Waals surface area contributed by atoms with Crippen molar-refractivity contribution in [2.75, 3.05) is 5.73 Å². The number of nitrogens with one attached hydrogen (secondary N) is 2. The van der Waals surface area contributed by atoms with E-state index in [4.69, 9.17) is 28.9 Å². The summed E-state index contributed by atoms with van der Waals surface area (Å²) in [6.45, 7) is 0.174. The van der Waals surface area contributed by atoms with Gasteiger partial charge in [0.15, 0.2) is 0 Å². The van der Waals surface area contributed by atoms with Gasteiger partial charge >= 0.3 is 0 Å². The highest BCUT2D eigenvalue weighted by Crippen LogP contribution is 2.26. The first-order valence-electron chi connectivity index (χ1n) is 9.09. The number of carbonyl (C=O) groups excluding carboxylic acids is 1. The number of halogens is 2. The van der Waals surface area contributed by atoms with Gasteiger partial charge in [-0.15, -0.1) is 5.10 Å². The van der Waals surface area contributed by atoms with E-state index < -0.39 is 0 Å². The number of rotatable bonds is 6. The van der Waals surface area contributed by atoms with Crippen LogP contribution in [0.1, 0.15) is 11.4 Å². The highest BCUT2D eigenvalue weighted by Gasteiger charge is 2.11. The minimum Gasteiger partial charge on any atom is -0.399 e. The molecule has 2 aromatic carbocycles. The number of amides is 1. The van der Waals surface area contributed by atoms with Gasteiger partial charge in [-0.3, -0.25) is 4.79 Å². The first-order valence-corrected chi connectivity index (χ1v) is 9.84. The molecule has 0 fully saturated rings. The Morgan fingerprint density at radius 2 is 2.00 bits per heavy atom. The number of aromatic amines is 1. The second kappa shape index (κ2) is 8.99. The van der Waals surface area contributed by atoms with Crippen LogP contribution in [0.25, 0.3) is 23.0 Å². The van der Waals surface area contributed by atoms with Crippen LogP contribution in [0.3, 0.4) is 0 Å². The molecule has 4 aromatic rings. The fraction of sp³-hybridized carbons (Fsp3) is 0.0500. The van der Waals surface area contributed by atoms with Gasteiger partial charge in [0.1, 0.15) is 23.0 Å². The van der Waals surface area contributed by atoms with Gasteiger partial charge in [0.25, 0.3) is 0 Å². The van der Waals surface area contributed by atoms with Gasteiger partial charge in [-0.2, -0.15) is 4.68 Å². The number of nitrogen functional groups attached to an aromatic ring is 1. The zero-order chi connectivity index (χ0) is 21.8. The molecule has 11 heteroatoms. The molecule has 0 saturated carbocycles. The van der Waals surface area contributed by atoms with Gasteiger partial charge < -0.3 is 16.0 Å². The summed E-state index contributed by atoms with van der Waals surface area (Å²) in [4.78, 5) is 19.7. The van der Waals surface area contributed by atoms with Crippen LogP contribution in [0.2, 0.25) is 10.2 Å².